The van der Waals surface area contributed by atoms with Crippen LogP contribution in [0.1, 0.15) is 37.7 Å². The molecule has 0 aliphatic heterocycles. The Morgan fingerprint density at radius 3 is 2.56 bits per heavy atom. The van der Waals surface area contributed by atoms with Crippen molar-refractivity contribution < 1.29 is 10.2 Å². The molecule has 1 aromatic rings. The molecule has 88 valence electrons. The number of benzene rings is 1. The van der Waals surface area contributed by atoms with Crippen molar-refractivity contribution in [1.29, 1.82) is 0 Å². The maximum Gasteiger partial charge on any atom is 0.0833 e. The Labute approximate surface area is 96.9 Å². The first-order valence-electron chi connectivity index (χ1n) is 6.15. The summed E-state index contributed by atoms with van der Waals surface area (Å²) in [6.07, 6.45) is 1.51. The van der Waals surface area contributed by atoms with Crippen LogP contribution in [-0.2, 0) is 0 Å². The van der Waals surface area contributed by atoms with Gasteiger partial charge in [-0.1, -0.05) is 43.7 Å². The van der Waals surface area contributed by atoms with Gasteiger partial charge in [0.05, 0.1) is 12.2 Å². The monoisotopic (exact) mass is 220 g/mol. The molecule has 0 bridgehead atoms. The highest BCUT2D eigenvalue weighted by molar-refractivity contribution is 5.26. The maximum atomic E-state index is 9.97. The predicted molar refractivity (Wildman–Crippen MR) is 64.2 cm³/mol. The smallest absolute Gasteiger partial charge is 0.0833 e. The minimum Gasteiger partial charge on any atom is -0.390 e. The molecule has 0 amide bonds. The molecule has 0 spiro atoms. The fourth-order valence-corrected chi connectivity index (χ4v) is 2.43. The average Bonchev–Trinajstić information content (AvgIpc) is 3.09. The molecule has 4 atom stereocenters. The third kappa shape index (κ3) is 2.45. The third-order valence-corrected chi connectivity index (χ3v) is 3.48. The summed E-state index contributed by atoms with van der Waals surface area (Å²) in [7, 11) is 0. The molecule has 0 heterocycles. The van der Waals surface area contributed by atoms with Crippen molar-refractivity contribution in [3.63, 3.8) is 0 Å². The van der Waals surface area contributed by atoms with Crippen molar-refractivity contribution >= 4 is 0 Å². The van der Waals surface area contributed by atoms with Crippen LogP contribution >= 0.6 is 0 Å². The lowest BCUT2D eigenvalue weighted by Gasteiger charge is -2.17. The summed E-state index contributed by atoms with van der Waals surface area (Å²) in [6, 6.07) is 10.3. The Balaban J connectivity index is 1.91. The van der Waals surface area contributed by atoms with Gasteiger partial charge in [-0.15, -0.1) is 0 Å². The largest absolute Gasteiger partial charge is 0.390 e. The lowest BCUT2D eigenvalue weighted by atomic mass is 10.0. The topological polar surface area (TPSA) is 40.5 Å². The molecule has 0 radical (unpaired) electrons. The maximum absolute atomic E-state index is 9.97. The zero-order valence-electron chi connectivity index (χ0n) is 9.71. The minimum absolute atomic E-state index is 0.254. The summed E-state index contributed by atoms with van der Waals surface area (Å²) in [5.74, 6) is 0.701. The van der Waals surface area contributed by atoms with E-state index in [0.717, 1.165) is 12.8 Å². The number of aliphatic hydroxyl groups is 2. The molecule has 2 nitrogen and oxygen atoms in total. The normalized spacial score (nSPS) is 27.4. The predicted octanol–water partition coefficient (Wildman–Crippen LogP) is 2.31. The van der Waals surface area contributed by atoms with E-state index in [4.69, 9.17) is 0 Å². The second-order valence-electron chi connectivity index (χ2n) is 4.76. The first-order chi connectivity index (χ1) is 7.74. The standard InChI is InChI=1S/C14H20O2/c1-2-6-13(15)14(16)12-9-11(12)10-7-4-3-5-8-10/h3-5,7-8,11-16H,2,6,9H2,1H3. The van der Waals surface area contributed by atoms with Gasteiger partial charge in [0.15, 0.2) is 0 Å². The molecule has 2 heteroatoms. The van der Waals surface area contributed by atoms with E-state index in [9.17, 15) is 10.2 Å². The molecule has 4 unspecified atom stereocenters. The van der Waals surface area contributed by atoms with Gasteiger partial charge in [-0.05, 0) is 30.2 Å². The van der Waals surface area contributed by atoms with E-state index in [1.54, 1.807) is 0 Å². The van der Waals surface area contributed by atoms with E-state index in [1.165, 1.54) is 5.56 Å². The van der Waals surface area contributed by atoms with Crippen LogP contribution in [-0.4, -0.2) is 22.4 Å². The quantitative estimate of drug-likeness (QED) is 0.799. The molecule has 0 aromatic heterocycles. The molecule has 1 aromatic carbocycles. The summed E-state index contributed by atoms with van der Waals surface area (Å²) in [5, 5.41) is 19.7. The Hall–Kier alpha value is -0.860. The fraction of sp³-hybridized carbons (Fsp3) is 0.571. The lowest BCUT2D eigenvalue weighted by Crippen LogP contribution is -2.28. The minimum atomic E-state index is -0.552. The van der Waals surface area contributed by atoms with Crippen molar-refractivity contribution in [2.75, 3.05) is 0 Å². The van der Waals surface area contributed by atoms with E-state index in [2.05, 4.69) is 12.1 Å². The highest BCUT2D eigenvalue weighted by Crippen LogP contribution is 2.50. The SMILES string of the molecule is CCCC(O)C(O)C1CC1c1ccccc1. The van der Waals surface area contributed by atoms with E-state index in [0.29, 0.717) is 12.3 Å². The summed E-state index contributed by atoms with van der Waals surface area (Å²) < 4.78 is 0. The van der Waals surface area contributed by atoms with Gasteiger partial charge < -0.3 is 10.2 Å². The van der Waals surface area contributed by atoms with Crippen molar-refractivity contribution in [2.45, 2.75) is 44.3 Å². The van der Waals surface area contributed by atoms with Crippen molar-refractivity contribution in [3.8, 4) is 0 Å². The second kappa shape index (κ2) is 4.98. The van der Waals surface area contributed by atoms with Crippen LogP contribution in [0.15, 0.2) is 30.3 Å². The molecule has 0 saturated heterocycles. The van der Waals surface area contributed by atoms with Gasteiger partial charge in [0, 0.05) is 0 Å². The van der Waals surface area contributed by atoms with Crippen LogP contribution in [0.4, 0.5) is 0 Å². The Kier molecular flexibility index (Phi) is 3.62. The zero-order chi connectivity index (χ0) is 11.5. The summed E-state index contributed by atoms with van der Waals surface area (Å²) in [5.41, 5.74) is 1.29. The summed E-state index contributed by atoms with van der Waals surface area (Å²) in [6.45, 7) is 2.03. The lowest BCUT2D eigenvalue weighted by molar-refractivity contribution is 0.000120. The Morgan fingerprint density at radius 1 is 1.25 bits per heavy atom. The molecule has 2 N–H and O–H groups in total. The van der Waals surface area contributed by atoms with Crippen molar-refractivity contribution in [2.24, 2.45) is 5.92 Å². The van der Waals surface area contributed by atoms with E-state index >= 15 is 0 Å². The van der Waals surface area contributed by atoms with Gasteiger partial charge >= 0.3 is 0 Å². The van der Waals surface area contributed by atoms with Gasteiger partial charge in [0.25, 0.3) is 0 Å². The molecule has 2 rings (SSSR count). The van der Waals surface area contributed by atoms with Crippen LogP contribution in [0.2, 0.25) is 0 Å². The summed E-state index contributed by atoms with van der Waals surface area (Å²) >= 11 is 0. The van der Waals surface area contributed by atoms with E-state index in [1.807, 2.05) is 25.1 Å². The van der Waals surface area contributed by atoms with Crippen LogP contribution in [0.25, 0.3) is 0 Å². The number of hydrogen-bond acceptors (Lipinski definition) is 2. The van der Waals surface area contributed by atoms with Crippen molar-refractivity contribution in [3.05, 3.63) is 35.9 Å². The zero-order valence-corrected chi connectivity index (χ0v) is 9.71. The first-order valence-corrected chi connectivity index (χ1v) is 6.15. The van der Waals surface area contributed by atoms with Gasteiger partial charge in [0.2, 0.25) is 0 Å². The average molecular weight is 220 g/mol. The molecule has 1 saturated carbocycles. The highest BCUT2D eigenvalue weighted by Gasteiger charge is 2.45. The Morgan fingerprint density at radius 2 is 1.94 bits per heavy atom. The number of rotatable bonds is 5. The van der Waals surface area contributed by atoms with Gasteiger partial charge in [0.1, 0.15) is 0 Å². The molecule has 1 fully saturated rings. The van der Waals surface area contributed by atoms with E-state index in [-0.39, 0.29) is 5.92 Å². The van der Waals surface area contributed by atoms with Crippen LogP contribution in [0, 0.1) is 5.92 Å². The number of aliphatic hydroxyl groups excluding tert-OH is 2. The molecular formula is C14H20O2. The molecule has 1 aliphatic carbocycles. The first kappa shape index (κ1) is 11.6. The Bertz CT molecular complexity index is 323. The number of hydrogen-bond donors (Lipinski definition) is 2. The molecular weight excluding hydrogens is 200 g/mol. The van der Waals surface area contributed by atoms with Crippen LogP contribution < -0.4 is 0 Å². The molecule has 1 aliphatic rings. The highest BCUT2D eigenvalue weighted by atomic mass is 16.3. The van der Waals surface area contributed by atoms with Crippen molar-refractivity contribution in [1.82, 2.24) is 0 Å². The second-order valence-corrected chi connectivity index (χ2v) is 4.76. The molecule has 16 heavy (non-hydrogen) atoms. The van der Waals surface area contributed by atoms with E-state index < -0.39 is 12.2 Å². The van der Waals surface area contributed by atoms with Gasteiger partial charge in [-0.2, -0.15) is 0 Å². The third-order valence-electron chi connectivity index (χ3n) is 3.48. The van der Waals surface area contributed by atoms with Gasteiger partial charge in [-0.25, -0.2) is 0 Å². The fourth-order valence-electron chi connectivity index (χ4n) is 2.43. The van der Waals surface area contributed by atoms with Crippen LogP contribution in [0.3, 0.4) is 0 Å². The van der Waals surface area contributed by atoms with Crippen LogP contribution in [0.5, 0.6) is 0 Å². The van der Waals surface area contributed by atoms with Gasteiger partial charge in [-0.3, -0.25) is 0 Å². The summed E-state index contributed by atoms with van der Waals surface area (Å²) in [4.78, 5) is 0.